The van der Waals surface area contributed by atoms with E-state index in [-0.39, 0.29) is 22.2 Å². The second kappa shape index (κ2) is 6.49. The number of nitrogens with two attached hydrogens (primary N) is 1. The van der Waals surface area contributed by atoms with Crippen molar-refractivity contribution < 1.29 is 16.8 Å². The fourth-order valence-corrected chi connectivity index (χ4v) is 3.94. The molecule has 1 aromatic carbocycles. The molecule has 120 valence electrons. The molecule has 0 aliphatic rings. The summed E-state index contributed by atoms with van der Waals surface area (Å²) < 4.78 is 50.6. The van der Waals surface area contributed by atoms with Gasteiger partial charge < -0.3 is 5.73 Å². The van der Waals surface area contributed by atoms with Crippen molar-refractivity contribution in [2.75, 3.05) is 32.1 Å². The molecule has 1 aromatic rings. The Hall–Kier alpha value is -0.870. The summed E-state index contributed by atoms with van der Waals surface area (Å²) in [5.74, 6) is -0.349. The van der Waals surface area contributed by atoms with Crippen LogP contribution in [0, 0.1) is 6.92 Å². The Balaban J connectivity index is 2.92. The summed E-state index contributed by atoms with van der Waals surface area (Å²) in [7, 11) is -4.65. The number of aryl methyl sites for hydroxylation is 1. The van der Waals surface area contributed by atoms with Gasteiger partial charge in [-0.1, -0.05) is 11.6 Å². The highest BCUT2D eigenvalue weighted by Gasteiger charge is 2.21. The highest BCUT2D eigenvalue weighted by atomic mass is 35.5. The quantitative estimate of drug-likeness (QED) is 0.718. The second-order valence-corrected chi connectivity index (χ2v) is 9.08. The molecule has 0 saturated carbocycles. The SMILES string of the molecule is Cc1cc(Cl)c(S(=O)(=O)NCCS(=O)(=O)N(C)C)cc1N. The minimum Gasteiger partial charge on any atom is -0.398 e. The largest absolute Gasteiger partial charge is 0.398 e. The minimum absolute atomic E-state index is 0.0321. The zero-order valence-electron chi connectivity index (χ0n) is 11.9. The van der Waals surface area contributed by atoms with Gasteiger partial charge in [0.05, 0.1) is 10.8 Å². The molecule has 0 fully saturated rings. The van der Waals surface area contributed by atoms with Gasteiger partial charge in [-0.15, -0.1) is 0 Å². The Morgan fingerprint density at radius 3 is 2.33 bits per heavy atom. The lowest BCUT2D eigenvalue weighted by molar-refractivity contribution is 0.519. The number of benzene rings is 1. The molecule has 0 radical (unpaired) electrons. The van der Waals surface area contributed by atoms with Crippen LogP contribution in [0.25, 0.3) is 0 Å². The highest BCUT2D eigenvalue weighted by molar-refractivity contribution is 7.90. The lowest BCUT2D eigenvalue weighted by Crippen LogP contribution is -2.34. The van der Waals surface area contributed by atoms with Gasteiger partial charge in [-0.3, -0.25) is 0 Å². The molecule has 0 aromatic heterocycles. The Morgan fingerprint density at radius 2 is 1.81 bits per heavy atom. The lowest BCUT2D eigenvalue weighted by Gasteiger charge is -2.13. The summed E-state index contributed by atoms with van der Waals surface area (Å²) in [5.41, 5.74) is 6.62. The Kier molecular flexibility index (Phi) is 5.62. The Morgan fingerprint density at radius 1 is 1.24 bits per heavy atom. The van der Waals surface area contributed by atoms with Gasteiger partial charge in [0.2, 0.25) is 20.0 Å². The standard InChI is InChI=1S/C11H18ClN3O4S2/c1-8-6-9(12)11(7-10(8)13)21(18,19)14-4-5-20(16,17)15(2)3/h6-7,14H,4-5,13H2,1-3H3. The van der Waals surface area contributed by atoms with Crippen LogP contribution in [0.4, 0.5) is 5.69 Å². The number of nitrogens with one attached hydrogen (secondary N) is 1. The van der Waals surface area contributed by atoms with Crippen LogP contribution in [-0.2, 0) is 20.0 Å². The molecule has 1 rings (SSSR count). The predicted octanol–water partition coefficient (Wildman–Crippen LogP) is 0.400. The van der Waals surface area contributed by atoms with Crippen molar-refractivity contribution in [1.82, 2.24) is 9.03 Å². The Labute approximate surface area is 130 Å². The molecular weight excluding hydrogens is 338 g/mol. The van der Waals surface area contributed by atoms with E-state index in [0.717, 1.165) is 4.31 Å². The first-order valence-electron chi connectivity index (χ1n) is 5.93. The normalized spacial score (nSPS) is 12.8. The van der Waals surface area contributed by atoms with E-state index in [4.69, 9.17) is 17.3 Å². The van der Waals surface area contributed by atoms with Gasteiger partial charge in [0.1, 0.15) is 4.90 Å². The molecule has 0 aliphatic carbocycles. The van der Waals surface area contributed by atoms with Crippen LogP contribution in [0.3, 0.4) is 0 Å². The van der Waals surface area contributed by atoms with Crippen LogP contribution in [0.2, 0.25) is 5.02 Å². The average molecular weight is 356 g/mol. The molecule has 0 aliphatic heterocycles. The van der Waals surface area contributed by atoms with E-state index in [9.17, 15) is 16.8 Å². The first-order valence-corrected chi connectivity index (χ1v) is 9.40. The van der Waals surface area contributed by atoms with Crippen LogP contribution in [0.15, 0.2) is 17.0 Å². The maximum Gasteiger partial charge on any atom is 0.242 e. The van der Waals surface area contributed by atoms with Gasteiger partial charge >= 0.3 is 0 Å². The van der Waals surface area contributed by atoms with E-state index in [1.165, 1.54) is 26.2 Å². The number of hydrogen-bond donors (Lipinski definition) is 2. The number of rotatable bonds is 6. The van der Waals surface area contributed by atoms with Crippen molar-refractivity contribution >= 4 is 37.3 Å². The van der Waals surface area contributed by atoms with E-state index < -0.39 is 20.0 Å². The molecule has 0 unspecified atom stereocenters. The van der Waals surface area contributed by atoms with Crippen molar-refractivity contribution in [3.63, 3.8) is 0 Å². The molecule has 0 saturated heterocycles. The van der Waals surface area contributed by atoms with Crippen LogP contribution in [0.1, 0.15) is 5.56 Å². The molecule has 0 spiro atoms. The molecule has 10 heteroatoms. The molecule has 0 bridgehead atoms. The van der Waals surface area contributed by atoms with Gasteiger partial charge in [0, 0.05) is 26.3 Å². The minimum atomic E-state index is -3.92. The topological polar surface area (TPSA) is 110 Å². The zero-order valence-corrected chi connectivity index (χ0v) is 14.3. The van der Waals surface area contributed by atoms with Crippen molar-refractivity contribution in [2.24, 2.45) is 0 Å². The maximum absolute atomic E-state index is 12.1. The van der Waals surface area contributed by atoms with E-state index in [0.29, 0.717) is 11.3 Å². The van der Waals surface area contributed by atoms with Crippen molar-refractivity contribution in [3.05, 3.63) is 22.7 Å². The lowest BCUT2D eigenvalue weighted by atomic mass is 10.2. The van der Waals surface area contributed by atoms with Crippen molar-refractivity contribution in [1.29, 1.82) is 0 Å². The smallest absolute Gasteiger partial charge is 0.242 e. The number of halogens is 1. The third-order valence-corrected chi connectivity index (χ3v) is 6.58. The van der Waals surface area contributed by atoms with Crippen LogP contribution < -0.4 is 10.5 Å². The number of nitrogen functional groups attached to an aromatic ring is 1. The van der Waals surface area contributed by atoms with Crippen LogP contribution >= 0.6 is 11.6 Å². The van der Waals surface area contributed by atoms with E-state index in [1.807, 2.05) is 0 Å². The highest BCUT2D eigenvalue weighted by Crippen LogP contribution is 2.26. The van der Waals surface area contributed by atoms with Gasteiger partial charge in [-0.2, -0.15) is 0 Å². The first-order chi connectivity index (χ1) is 9.47. The van der Waals surface area contributed by atoms with E-state index >= 15 is 0 Å². The predicted molar refractivity (Wildman–Crippen MR) is 83.3 cm³/mol. The zero-order chi connectivity index (χ0) is 16.4. The second-order valence-electron chi connectivity index (χ2n) is 4.64. The third kappa shape index (κ3) is 4.55. The number of sulfonamides is 2. The van der Waals surface area contributed by atoms with E-state index in [1.54, 1.807) is 6.92 Å². The number of nitrogens with zero attached hydrogens (tertiary/aromatic N) is 1. The van der Waals surface area contributed by atoms with E-state index in [2.05, 4.69) is 4.72 Å². The number of hydrogen-bond acceptors (Lipinski definition) is 5. The molecule has 0 atom stereocenters. The fraction of sp³-hybridized carbons (Fsp3) is 0.455. The summed E-state index contributed by atoms with van der Waals surface area (Å²) in [5, 5.41) is 0.0321. The third-order valence-electron chi connectivity index (χ3n) is 2.82. The van der Waals surface area contributed by atoms with Gasteiger partial charge in [0.25, 0.3) is 0 Å². The van der Waals surface area contributed by atoms with Gasteiger partial charge in [0.15, 0.2) is 0 Å². The summed E-state index contributed by atoms with van der Waals surface area (Å²) in [6.45, 7) is 1.45. The number of anilines is 1. The molecule has 21 heavy (non-hydrogen) atoms. The maximum atomic E-state index is 12.1. The average Bonchev–Trinajstić information content (AvgIpc) is 2.32. The molecule has 3 N–H and O–H groups in total. The van der Waals surface area contributed by atoms with Crippen LogP contribution in [-0.4, -0.2) is 47.5 Å². The fourth-order valence-electron chi connectivity index (χ4n) is 1.44. The van der Waals surface area contributed by atoms with Gasteiger partial charge in [-0.05, 0) is 24.6 Å². The summed E-state index contributed by atoms with van der Waals surface area (Å²) >= 11 is 5.90. The monoisotopic (exact) mass is 355 g/mol. The molecule has 0 heterocycles. The van der Waals surface area contributed by atoms with Gasteiger partial charge in [-0.25, -0.2) is 25.9 Å². The summed E-state index contributed by atoms with van der Waals surface area (Å²) in [6, 6.07) is 2.70. The molecule has 0 amide bonds. The molecule has 7 nitrogen and oxygen atoms in total. The first kappa shape index (κ1) is 18.2. The molecular formula is C11H18ClN3O4S2. The van der Waals surface area contributed by atoms with Crippen LogP contribution in [0.5, 0.6) is 0 Å². The Bertz CT molecular complexity index is 730. The van der Waals surface area contributed by atoms with Crippen molar-refractivity contribution in [3.8, 4) is 0 Å². The summed E-state index contributed by atoms with van der Waals surface area (Å²) in [6.07, 6.45) is 0. The van der Waals surface area contributed by atoms with Crippen molar-refractivity contribution in [2.45, 2.75) is 11.8 Å². The summed E-state index contributed by atoms with van der Waals surface area (Å²) in [4.78, 5) is -0.172.